The summed E-state index contributed by atoms with van der Waals surface area (Å²) in [5, 5.41) is 12.2. The number of carbonyl (C=O) groups is 1. The number of aryl methyl sites for hydroxylation is 1. The van der Waals surface area contributed by atoms with Crippen molar-refractivity contribution < 1.29 is 22.7 Å². The SMILES string of the molecule is COC(=O)C1CN1S(=O)(=O)N1CCN(c2nc(OC[C@@H]3CCCN3C)nc3c2CCN(c2cccc4cccc(C)c24)C3)C[C@@H]1CC#N. The average Bonchev–Trinajstić information content (AvgIpc) is 3.81. The molecular weight excluding hydrogens is 632 g/mol. The highest BCUT2D eigenvalue weighted by Crippen LogP contribution is 2.37. The van der Waals surface area contributed by atoms with Gasteiger partial charge in [-0.2, -0.15) is 32.3 Å². The second-order valence-electron chi connectivity index (χ2n) is 13.2. The van der Waals surface area contributed by atoms with Gasteiger partial charge < -0.3 is 24.2 Å². The largest absolute Gasteiger partial charge is 0.468 e. The van der Waals surface area contributed by atoms with Crippen molar-refractivity contribution in [1.29, 1.82) is 5.26 Å². The van der Waals surface area contributed by atoms with Crippen molar-refractivity contribution in [2.45, 2.75) is 57.3 Å². The van der Waals surface area contributed by atoms with E-state index in [4.69, 9.17) is 19.4 Å². The van der Waals surface area contributed by atoms with Crippen molar-refractivity contribution in [2.75, 3.05) is 69.8 Å². The minimum atomic E-state index is -3.96. The van der Waals surface area contributed by atoms with E-state index < -0.39 is 28.3 Å². The molecule has 0 aliphatic carbocycles. The van der Waals surface area contributed by atoms with Crippen molar-refractivity contribution in [3.63, 3.8) is 0 Å². The second kappa shape index (κ2) is 13.1. The van der Waals surface area contributed by atoms with E-state index >= 15 is 0 Å². The molecule has 13 nitrogen and oxygen atoms in total. The van der Waals surface area contributed by atoms with Gasteiger partial charge in [0.15, 0.2) is 0 Å². The Hall–Kier alpha value is -4.03. The van der Waals surface area contributed by atoms with E-state index in [1.54, 1.807) is 0 Å². The van der Waals surface area contributed by atoms with E-state index in [2.05, 4.69) is 71.1 Å². The van der Waals surface area contributed by atoms with Crippen LogP contribution in [0.15, 0.2) is 36.4 Å². The fraction of sp³-hybridized carbons (Fsp3) is 0.529. The molecule has 4 aliphatic rings. The Balaban J connectivity index is 1.19. The Morgan fingerprint density at radius 2 is 1.83 bits per heavy atom. The third-order valence-corrected chi connectivity index (χ3v) is 12.3. The summed E-state index contributed by atoms with van der Waals surface area (Å²) in [7, 11) is -0.602. The van der Waals surface area contributed by atoms with Crippen LogP contribution in [0.1, 0.15) is 36.1 Å². The lowest BCUT2D eigenvalue weighted by atomic mass is 9.99. The lowest BCUT2D eigenvalue weighted by Gasteiger charge is -2.41. The van der Waals surface area contributed by atoms with Crippen LogP contribution >= 0.6 is 0 Å². The Morgan fingerprint density at radius 3 is 2.58 bits per heavy atom. The fourth-order valence-corrected chi connectivity index (χ4v) is 9.33. The molecule has 2 aromatic carbocycles. The van der Waals surface area contributed by atoms with Crippen LogP contribution in [0.5, 0.6) is 6.01 Å². The summed E-state index contributed by atoms with van der Waals surface area (Å²) in [6.45, 7) is 5.91. The molecule has 14 heteroatoms. The Bertz CT molecular complexity index is 1860. The molecular formula is C34H42N8O5S. The topological polar surface area (TPSA) is 135 Å². The van der Waals surface area contributed by atoms with Crippen LogP contribution < -0.4 is 14.5 Å². The molecule has 1 aromatic heterocycles. The first-order chi connectivity index (χ1) is 23.2. The Morgan fingerprint density at radius 1 is 1.02 bits per heavy atom. The predicted octanol–water partition coefficient (Wildman–Crippen LogP) is 2.48. The minimum absolute atomic E-state index is 0.00527. The molecule has 0 N–H and O–H groups in total. The fourth-order valence-electron chi connectivity index (χ4n) is 7.50. The molecule has 4 atom stereocenters. The number of nitrogens with zero attached hydrogens (tertiary/aromatic N) is 8. The number of anilines is 2. The molecule has 2 unspecified atom stereocenters. The molecule has 48 heavy (non-hydrogen) atoms. The summed E-state index contributed by atoms with van der Waals surface area (Å²) in [5.41, 5.74) is 4.30. The molecule has 0 amide bonds. The number of hydrogen-bond acceptors (Lipinski definition) is 11. The molecule has 0 bridgehead atoms. The highest BCUT2D eigenvalue weighted by Gasteiger charge is 2.53. The van der Waals surface area contributed by atoms with Gasteiger partial charge in [-0.3, -0.25) is 4.79 Å². The summed E-state index contributed by atoms with van der Waals surface area (Å²) >= 11 is 0. The monoisotopic (exact) mass is 674 g/mol. The number of piperazine rings is 1. The van der Waals surface area contributed by atoms with E-state index in [0.29, 0.717) is 38.2 Å². The summed E-state index contributed by atoms with van der Waals surface area (Å²) in [4.78, 5) is 28.7. The second-order valence-corrected chi connectivity index (χ2v) is 15.0. The lowest BCUT2D eigenvalue weighted by Crippen LogP contribution is -2.57. The standard InChI is InChI=1S/C34H42N8O5S/c1-23-7-4-8-24-9-5-11-29(31(23)24)39-16-13-27-28(20-39)36-34(47-22-26-10-6-15-38(26)2)37-32(27)40-17-18-41(25(19-40)12-14-35)48(44,45)42-21-30(42)33(43)46-3/h4-5,7-9,11,25-26,30H,6,10,12-13,15-22H2,1-3H3/t25-,26-,30?,42?/m0/s1. The molecule has 5 heterocycles. The number of aromatic nitrogens is 2. The Kier molecular flexibility index (Phi) is 8.88. The maximum Gasteiger partial charge on any atom is 0.325 e. The van der Waals surface area contributed by atoms with Gasteiger partial charge in [0.2, 0.25) is 0 Å². The predicted molar refractivity (Wildman–Crippen MR) is 181 cm³/mol. The summed E-state index contributed by atoms with van der Waals surface area (Å²) in [6, 6.07) is 14.1. The number of methoxy groups -OCH3 is 1. The van der Waals surface area contributed by atoms with Crippen molar-refractivity contribution in [3.05, 3.63) is 53.2 Å². The molecule has 4 aliphatic heterocycles. The zero-order valence-corrected chi connectivity index (χ0v) is 28.5. The van der Waals surface area contributed by atoms with Crippen LogP contribution in [0.3, 0.4) is 0 Å². The Labute approximate surface area is 281 Å². The van der Waals surface area contributed by atoms with E-state index in [1.165, 1.54) is 33.4 Å². The first-order valence-electron chi connectivity index (χ1n) is 16.6. The van der Waals surface area contributed by atoms with Gasteiger partial charge in [0.25, 0.3) is 10.2 Å². The minimum Gasteiger partial charge on any atom is -0.468 e. The molecule has 0 saturated carbocycles. The third-order valence-electron chi connectivity index (χ3n) is 10.2. The van der Waals surface area contributed by atoms with Crippen LogP contribution in [0, 0.1) is 18.3 Å². The molecule has 254 valence electrons. The van der Waals surface area contributed by atoms with Gasteiger partial charge in [0, 0.05) is 55.4 Å². The van der Waals surface area contributed by atoms with E-state index in [0.717, 1.165) is 47.3 Å². The number of nitriles is 1. The van der Waals surface area contributed by atoms with Crippen molar-refractivity contribution in [1.82, 2.24) is 23.5 Å². The van der Waals surface area contributed by atoms with Crippen LogP contribution in [0.25, 0.3) is 10.8 Å². The maximum absolute atomic E-state index is 13.6. The van der Waals surface area contributed by atoms with E-state index in [9.17, 15) is 18.5 Å². The number of hydrogen-bond donors (Lipinski definition) is 0. The van der Waals surface area contributed by atoms with Crippen LogP contribution in [-0.2, 0) is 32.7 Å². The van der Waals surface area contributed by atoms with Gasteiger partial charge in [-0.15, -0.1) is 0 Å². The van der Waals surface area contributed by atoms with Crippen LogP contribution in [-0.4, -0.2) is 116 Å². The number of rotatable bonds is 9. The van der Waals surface area contributed by atoms with E-state index in [-0.39, 0.29) is 26.1 Å². The summed E-state index contributed by atoms with van der Waals surface area (Å²) in [6.07, 6.45) is 2.90. The maximum atomic E-state index is 13.6. The number of likely N-dealkylation sites (tertiary alicyclic amines) is 1. The molecule has 0 spiro atoms. The van der Waals surface area contributed by atoms with Crippen LogP contribution in [0.2, 0.25) is 0 Å². The highest BCUT2D eigenvalue weighted by molar-refractivity contribution is 7.87. The van der Waals surface area contributed by atoms with Gasteiger partial charge in [-0.1, -0.05) is 30.3 Å². The highest BCUT2D eigenvalue weighted by atomic mass is 32.2. The number of carbonyl (C=O) groups excluding carboxylic acids is 1. The average molecular weight is 675 g/mol. The van der Waals surface area contributed by atoms with Gasteiger partial charge in [-0.05, 0) is 56.8 Å². The zero-order chi connectivity index (χ0) is 33.6. The molecule has 0 radical (unpaired) electrons. The van der Waals surface area contributed by atoms with Gasteiger partial charge in [0.1, 0.15) is 18.5 Å². The first kappa shape index (κ1) is 32.5. The van der Waals surface area contributed by atoms with Crippen molar-refractivity contribution in [3.8, 4) is 12.1 Å². The number of likely N-dealkylation sites (N-methyl/N-ethyl adjacent to an activating group) is 1. The van der Waals surface area contributed by atoms with Crippen molar-refractivity contribution >= 4 is 38.5 Å². The van der Waals surface area contributed by atoms with Gasteiger partial charge in [0.05, 0.1) is 37.9 Å². The normalized spacial score (nSPS) is 24.7. The zero-order valence-electron chi connectivity index (χ0n) is 27.7. The molecule has 7 rings (SSSR count). The van der Waals surface area contributed by atoms with Gasteiger partial charge >= 0.3 is 12.0 Å². The van der Waals surface area contributed by atoms with Crippen molar-refractivity contribution in [2.24, 2.45) is 0 Å². The summed E-state index contributed by atoms with van der Waals surface area (Å²) in [5.74, 6) is 0.161. The number of fused-ring (bicyclic) bond motifs is 2. The number of ether oxygens (including phenoxy) is 2. The molecule has 3 fully saturated rings. The number of esters is 1. The first-order valence-corrected chi connectivity index (χ1v) is 18.0. The van der Waals surface area contributed by atoms with Crippen LogP contribution in [0.4, 0.5) is 11.5 Å². The quantitative estimate of drug-likeness (QED) is 0.245. The molecule has 3 saturated heterocycles. The lowest BCUT2D eigenvalue weighted by molar-refractivity contribution is -0.140. The summed E-state index contributed by atoms with van der Waals surface area (Å²) < 4.78 is 40.7. The number of benzene rings is 2. The third kappa shape index (κ3) is 6.04. The van der Waals surface area contributed by atoms with Gasteiger partial charge in [-0.25, -0.2) is 0 Å². The smallest absolute Gasteiger partial charge is 0.325 e. The van der Waals surface area contributed by atoms with E-state index in [1.807, 2.05) is 0 Å². The molecule has 3 aromatic rings.